The van der Waals surface area contributed by atoms with Crippen LogP contribution in [0.3, 0.4) is 0 Å². The predicted octanol–water partition coefficient (Wildman–Crippen LogP) is 1.90. The summed E-state index contributed by atoms with van der Waals surface area (Å²) in [7, 11) is 1.52. The maximum atomic E-state index is 9.63. The van der Waals surface area contributed by atoms with Crippen molar-refractivity contribution in [2.24, 2.45) is 21.0 Å². The van der Waals surface area contributed by atoms with Crippen LogP contribution in [-0.4, -0.2) is 23.1 Å². The molecular weight excluding hydrogens is 206 g/mol. The van der Waals surface area contributed by atoms with Crippen molar-refractivity contribution in [1.29, 1.82) is 0 Å². The number of aliphatic imine (C=N–C) groups is 1. The maximum Gasteiger partial charge on any atom is 0.235 e. The Hall–Kier alpha value is -2.37. The zero-order valence-corrected chi connectivity index (χ0v) is 8.68. The van der Waals surface area contributed by atoms with Crippen LogP contribution in [0.4, 0.5) is 5.69 Å². The monoisotopic (exact) mass is 217 g/mol. The van der Waals surface area contributed by atoms with Gasteiger partial charge in [-0.25, -0.2) is 0 Å². The first kappa shape index (κ1) is 10.2. The van der Waals surface area contributed by atoms with Crippen molar-refractivity contribution in [3.8, 4) is 5.88 Å². The molecule has 0 spiro atoms. The lowest BCUT2D eigenvalue weighted by Crippen LogP contribution is -2.05. The Kier molecular flexibility index (Phi) is 2.55. The van der Waals surface area contributed by atoms with Crippen molar-refractivity contribution in [3.63, 3.8) is 0 Å². The highest BCUT2D eigenvalue weighted by molar-refractivity contribution is 5.94. The molecule has 0 saturated heterocycles. The number of para-hydroxylation sites is 1. The molecule has 2 aromatic rings. The van der Waals surface area contributed by atoms with Crippen LogP contribution in [0.25, 0.3) is 10.9 Å². The number of H-pyrrole nitrogens is 1. The third-order valence-corrected chi connectivity index (χ3v) is 2.14. The zero-order valence-electron chi connectivity index (χ0n) is 8.68. The molecule has 0 saturated carbocycles. The van der Waals surface area contributed by atoms with Gasteiger partial charge in [-0.3, -0.25) is 4.99 Å². The Labute approximate surface area is 91.5 Å². The number of rotatable bonds is 1. The van der Waals surface area contributed by atoms with Gasteiger partial charge < -0.3 is 15.8 Å². The molecule has 16 heavy (non-hydrogen) atoms. The number of fused-ring (bicyclic) bond motifs is 1. The molecule has 0 radical (unpaired) electrons. The summed E-state index contributed by atoms with van der Waals surface area (Å²) in [5.74, 6) is 0.0264. The van der Waals surface area contributed by atoms with Crippen LogP contribution in [0.5, 0.6) is 5.88 Å². The number of aromatic hydroxyl groups is 1. The van der Waals surface area contributed by atoms with Crippen molar-refractivity contribution >= 4 is 22.5 Å². The van der Waals surface area contributed by atoms with Gasteiger partial charge in [0.2, 0.25) is 11.8 Å². The third-order valence-electron chi connectivity index (χ3n) is 2.14. The Balaban J connectivity index is 2.52. The van der Waals surface area contributed by atoms with Crippen molar-refractivity contribution in [3.05, 3.63) is 24.3 Å². The van der Waals surface area contributed by atoms with Crippen LogP contribution in [-0.2, 0) is 0 Å². The van der Waals surface area contributed by atoms with Crippen LogP contribution >= 0.6 is 0 Å². The zero-order chi connectivity index (χ0) is 11.5. The average Bonchev–Trinajstić information content (AvgIpc) is 2.62. The smallest absolute Gasteiger partial charge is 0.235 e. The quantitative estimate of drug-likeness (QED) is 0.386. The van der Waals surface area contributed by atoms with Gasteiger partial charge >= 0.3 is 0 Å². The molecule has 2 rings (SSSR count). The summed E-state index contributed by atoms with van der Waals surface area (Å²) >= 11 is 0. The highest BCUT2D eigenvalue weighted by Gasteiger charge is 2.09. The molecule has 0 fully saturated rings. The highest BCUT2D eigenvalue weighted by Crippen LogP contribution is 2.34. The van der Waals surface area contributed by atoms with E-state index in [9.17, 15) is 5.11 Å². The topological polar surface area (TPSA) is 99.1 Å². The summed E-state index contributed by atoms with van der Waals surface area (Å²) in [6.45, 7) is 0. The summed E-state index contributed by atoms with van der Waals surface area (Å²) in [5, 5.41) is 17.9. The summed E-state index contributed by atoms with van der Waals surface area (Å²) in [6, 6.07) is 7.39. The molecule has 0 unspecified atom stereocenters. The SMILES string of the molecule is CN=C(N)N=Nc1c(O)[nH]c2ccccc12. The first-order chi connectivity index (χ1) is 7.72. The van der Waals surface area contributed by atoms with Gasteiger partial charge in [-0.15, -0.1) is 10.2 Å². The van der Waals surface area contributed by atoms with Gasteiger partial charge in [-0.05, 0) is 6.07 Å². The lowest BCUT2D eigenvalue weighted by Gasteiger charge is -1.90. The van der Waals surface area contributed by atoms with Crippen LogP contribution < -0.4 is 5.73 Å². The van der Waals surface area contributed by atoms with E-state index in [4.69, 9.17) is 5.73 Å². The Morgan fingerprint density at radius 2 is 2.12 bits per heavy atom. The number of aromatic nitrogens is 1. The van der Waals surface area contributed by atoms with Crippen molar-refractivity contribution in [1.82, 2.24) is 4.98 Å². The molecule has 82 valence electrons. The van der Waals surface area contributed by atoms with Crippen LogP contribution in [0.15, 0.2) is 39.5 Å². The van der Waals surface area contributed by atoms with Gasteiger partial charge in [-0.1, -0.05) is 18.2 Å². The molecule has 1 aromatic heterocycles. The maximum absolute atomic E-state index is 9.63. The normalized spacial score (nSPS) is 12.7. The van der Waals surface area contributed by atoms with Crippen molar-refractivity contribution in [2.75, 3.05) is 7.05 Å². The Bertz CT molecular complexity index is 570. The molecule has 1 heterocycles. The molecule has 6 nitrogen and oxygen atoms in total. The number of aromatic amines is 1. The minimum absolute atomic E-state index is 0.0335. The molecular formula is C10H11N5O. The lowest BCUT2D eigenvalue weighted by atomic mass is 10.2. The third kappa shape index (κ3) is 1.72. The van der Waals surface area contributed by atoms with E-state index in [0.717, 1.165) is 10.9 Å². The van der Waals surface area contributed by atoms with Crippen LogP contribution in [0.1, 0.15) is 0 Å². The first-order valence-corrected chi connectivity index (χ1v) is 4.66. The largest absolute Gasteiger partial charge is 0.493 e. The minimum Gasteiger partial charge on any atom is -0.493 e. The van der Waals surface area contributed by atoms with Crippen molar-refractivity contribution < 1.29 is 5.11 Å². The molecule has 1 aromatic carbocycles. The van der Waals surface area contributed by atoms with Gasteiger partial charge in [0.1, 0.15) is 0 Å². The number of azo groups is 1. The molecule has 0 atom stereocenters. The van der Waals surface area contributed by atoms with E-state index >= 15 is 0 Å². The Morgan fingerprint density at radius 3 is 2.88 bits per heavy atom. The summed E-state index contributed by atoms with van der Waals surface area (Å²) < 4.78 is 0. The molecule has 4 N–H and O–H groups in total. The second-order valence-electron chi connectivity index (χ2n) is 3.15. The average molecular weight is 217 g/mol. The number of nitrogens with one attached hydrogen (secondary N) is 1. The van der Waals surface area contributed by atoms with Crippen LogP contribution in [0, 0.1) is 0 Å². The van der Waals surface area contributed by atoms with E-state index < -0.39 is 0 Å². The van der Waals surface area contributed by atoms with E-state index in [0.29, 0.717) is 5.69 Å². The predicted molar refractivity (Wildman–Crippen MR) is 62.0 cm³/mol. The fourth-order valence-corrected chi connectivity index (χ4v) is 1.36. The second kappa shape index (κ2) is 4.01. The molecule has 0 aliphatic rings. The number of nitrogens with zero attached hydrogens (tertiary/aromatic N) is 3. The molecule has 0 bridgehead atoms. The molecule has 0 aliphatic carbocycles. The van der Waals surface area contributed by atoms with Crippen LogP contribution in [0.2, 0.25) is 0 Å². The number of hydrogen-bond acceptors (Lipinski definition) is 3. The van der Waals surface area contributed by atoms with Gasteiger partial charge in [0.25, 0.3) is 0 Å². The van der Waals surface area contributed by atoms with Crippen molar-refractivity contribution in [2.45, 2.75) is 0 Å². The summed E-state index contributed by atoms with van der Waals surface area (Å²) in [6.07, 6.45) is 0. The molecule has 0 aliphatic heterocycles. The van der Waals surface area contributed by atoms with E-state index in [-0.39, 0.29) is 11.8 Å². The van der Waals surface area contributed by atoms with Gasteiger partial charge in [0, 0.05) is 12.4 Å². The van der Waals surface area contributed by atoms with Gasteiger partial charge in [0.05, 0.1) is 5.52 Å². The first-order valence-electron chi connectivity index (χ1n) is 4.66. The van der Waals surface area contributed by atoms with E-state index in [1.165, 1.54) is 7.05 Å². The number of nitrogens with two attached hydrogens (primary N) is 1. The summed E-state index contributed by atoms with van der Waals surface area (Å²) in [5.41, 5.74) is 6.54. The number of guanidine groups is 1. The van der Waals surface area contributed by atoms with E-state index in [1.54, 1.807) is 0 Å². The van der Waals surface area contributed by atoms with E-state index in [2.05, 4.69) is 20.2 Å². The molecule has 0 amide bonds. The minimum atomic E-state index is -0.0335. The fourth-order valence-electron chi connectivity index (χ4n) is 1.36. The number of hydrogen-bond donors (Lipinski definition) is 3. The standard InChI is InChI=1S/C10H11N5O/c1-12-10(11)15-14-8-6-4-2-3-5-7(6)13-9(8)16/h2-5,13,16H,1H3,(H2,11,12). The lowest BCUT2D eigenvalue weighted by molar-refractivity contribution is 0.459. The van der Waals surface area contributed by atoms with Gasteiger partial charge in [0.15, 0.2) is 5.69 Å². The number of benzene rings is 1. The highest BCUT2D eigenvalue weighted by atomic mass is 16.3. The Morgan fingerprint density at radius 1 is 1.38 bits per heavy atom. The summed E-state index contributed by atoms with van der Waals surface area (Å²) in [4.78, 5) is 6.43. The van der Waals surface area contributed by atoms with E-state index in [1.807, 2.05) is 24.3 Å². The van der Waals surface area contributed by atoms with Gasteiger partial charge in [-0.2, -0.15) is 0 Å². The fraction of sp³-hybridized carbons (Fsp3) is 0.100. The second-order valence-corrected chi connectivity index (χ2v) is 3.15. The molecule has 6 heteroatoms.